The van der Waals surface area contributed by atoms with Gasteiger partial charge in [-0.1, -0.05) is 36.4 Å². The Labute approximate surface area is 129 Å². The summed E-state index contributed by atoms with van der Waals surface area (Å²) in [7, 11) is 1.58. The molecule has 4 heteroatoms. The Morgan fingerprint density at radius 1 is 1.14 bits per heavy atom. The summed E-state index contributed by atoms with van der Waals surface area (Å²) in [5.74, 6) is 0.244. The number of carbonyl (C=O) groups is 1. The molecule has 0 aliphatic rings. The van der Waals surface area contributed by atoms with Gasteiger partial charge >= 0.3 is 5.97 Å². The third kappa shape index (κ3) is 4.66. The number of ether oxygens (including phenoxy) is 2. The highest BCUT2D eigenvalue weighted by atomic mass is 16.5. The van der Waals surface area contributed by atoms with Gasteiger partial charge in [0.1, 0.15) is 0 Å². The second kappa shape index (κ2) is 7.88. The highest BCUT2D eigenvalue weighted by Gasteiger charge is 2.05. The van der Waals surface area contributed by atoms with E-state index in [0.717, 1.165) is 18.1 Å². The highest BCUT2D eigenvalue weighted by Crippen LogP contribution is 2.28. The molecule has 0 amide bonds. The van der Waals surface area contributed by atoms with Crippen LogP contribution in [0.1, 0.15) is 11.1 Å². The Hall–Kier alpha value is -2.75. The zero-order chi connectivity index (χ0) is 15.8. The van der Waals surface area contributed by atoms with Crippen LogP contribution in [-0.2, 0) is 11.2 Å². The van der Waals surface area contributed by atoms with Crippen molar-refractivity contribution in [1.82, 2.24) is 0 Å². The summed E-state index contributed by atoms with van der Waals surface area (Å²) in [5, 5.41) is 8.67. The number of carboxylic acids is 1. The van der Waals surface area contributed by atoms with Crippen molar-refractivity contribution in [3.8, 4) is 11.5 Å². The van der Waals surface area contributed by atoms with E-state index >= 15 is 0 Å². The lowest BCUT2D eigenvalue weighted by molar-refractivity contribution is -0.131. The van der Waals surface area contributed by atoms with Crippen LogP contribution in [-0.4, -0.2) is 24.8 Å². The van der Waals surface area contributed by atoms with E-state index in [1.54, 1.807) is 25.3 Å². The number of benzene rings is 2. The van der Waals surface area contributed by atoms with E-state index in [4.69, 9.17) is 14.6 Å². The molecule has 2 aromatic carbocycles. The summed E-state index contributed by atoms with van der Waals surface area (Å²) in [6.07, 6.45) is 3.40. The van der Waals surface area contributed by atoms with Gasteiger partial charge in [-0.05, 0) is 29.3 Å². The summed E-state index contributed by atoms with van der Waals surface area (Å²) in [5.41, 5.74) is 1.95. The Kier molecular flexibility index (Phi) is 5.60. The van der Waals surface area contributed by atoms with Crippen LogP contribution in [0.5, 0.6) is 11.5 Å². The Balaban J connectivity index is 2.04. The fraction of sp³-hybridized carbons (Fsp3) is 0.167. The molecule has 1 N–H and O–H groups in total. The lowest BCUT2D eigenvalue weighted by Gasteiger charge is -2.11. The third-order valence-corrected chi connectivity index (χ3v) is 3.10. The smallest absolute Gasteiger partial charge is 0.328 e. The number of hydrogen-bond acceptors (Lipinski definition) is 3. The first-order chi connectivity index (χ1) is 10.7. The van der Waals surface area contributed by atoms with Gasteiger partial charge in [0.15, 0.2) is 11.5 Å². The lowest BCUT2D eigenvalue weighted by atomic mass is 10.1. The van der Waals surface area contributed by atoms with Crippen molar-refractivity contribution in [3.63, 3.8) is 0 Å². The van der Waals surface area contributed by atoms with E-state index in [1.165, 1.54) is 11.6 Å². The first-order valence-electron chi connectivity index (χ1n) is 6.95. The summed E-state index contributed by atoms with van der Waals surface area (Å²) < 4.78 is 11.0. The van der Waals surface area contributed by atoms with Gasteiger partial charge in [0.2, 0.25) is 0 Å². The molecule has 0 aromatic heterocycles. The molecule has 0 saturated carbocycles. The predicted octanol–water partition coefficient (Wildman–Crippen LogP) is 3.41. The molecule has 114 valence electrons. The number of methoxy groups -OCH3 is 1. The van der Waals surface area contributed by atoms with E-state index < -0.39 is 5.97 Å². The first kappa shape index (κ1) is 15.6. The van der Waals surface area contributed by atoms with E-state index in [-0.39, 0.29) is 0 Å². The van der Waals surface area contributed by atoms with Gasteiger partial charge in [0.25, 0.3) is 0 Å². The molecule has 0 radical (unpaired) electrons. The Bertz CT molecular complexity index is 647. The summed E-state index contributed by atoms with van der Waals surface area (Å²) >= 11 is 0. The van der Waals surface area contributed by atoms with Gasteiger partial charge in [-0.15, -0.1) is 0 Å². The molecule has 2 rings (SSSR count). The highest BCUT2D eigenvalue weighted by molar-refractivity contribution is 5.85. The number of carboxylic acid groups (broad SMARTS) is 1. The van der Waals surface area contributed by atoms with Crippen LogP contribution in [0.25, 0.3) is 6.08 Å². The number of aliphatic carboxylic acids is 1. The van der Waals surface area contributed by atoms with Crippen molar-refractivity contribution < 1.29 is 19.4 Å². The minimum atomic E-state index is -0.984. The molecular weight excluding hydrogens is 280 g/mol. The zero-order valence-electron chi connectivity index (χ0n) is 12.4. The molecule has 0 atom stereocenters. The van der Waals surface area contributed by atoms with Gasteiger partial charge in [0, 0.05) is 12.5 Å². The average Bonchev–Trinajstić information content (AvgIpc) is 2.54. The van der Waals surface area contributed by atoms with Crippen LogP contribution in [0.3, 0.4) is 0 Å². The van der Waals surface area contributed by atoms with Crippen molar-refractivity contribution in [2.75, 3.05) is 13.7 Å². The van der Waals surface area contributed by atoms with Gasteiger partial charge < -0.3 is 14.6 Å². The van der Waals surface area contributed by atoms with E-state index in [9.17, 15) is 4.79 Å². The normalized spacial score (nSPS) is 10.6. The molecule has 0 heterocycles. The van der Waals surface area contributed by atoms with Gasteiger partial charge in [-0.2, -0.15) is 0 Å². The number of rotatable bonds is 7. The quantitative estimate of drug-likeness (QED) is 0.796. The molecule has 0 saturated heterocycles. The molecule has 4 nitrogen and oxygen atoms in total. The molecule has 0 fully saturated rings. The Morgan fingerprint density at radius 2 is 1.91 bits per heavy atom. The van der Waals surface area contributed by atoms with Crippen molar-refractivity contribution in [1.29, 1.82) is 0 Å². The van der Waals surface area contributed by atoms with Gasteiger partial charge in [-0.3, -0.25) is 0 Å². The summed E-state index contributed by atoms with van der Waals surface area (Å²) in [6, 6.07) is 15.4. The average molecular weight is 298 g/mol. The summed E-state index contributed by atoms with van der Waals surface area (Å²) in [6.45, 7) is 0.520. The molecule has 0 aliphatic heterocycles. The van der Waals surface area contributed by atoms with E-state index in [0.29, 0.717) is 18.1 Å². The Morgan fingerprint density at radius 3 is 2.59 bits per heavy atom. The second-order valence-corrected chi connectivity index (χ2v) is 4.67. The summed E-state index contributed by atoms with van der Waals surface area (Å²) in [4.78, 5) is 10.6. The fourth-order valence-electron chi connectivity index (χ4n) is 2.00. The first-order valence-corrected chi connectivity index (χ1v) is 6.95. The van der Waals surface area contributed by atoms with Crippen molar-refractivity contribution >= 4 is 12.0 Å². The maximum Gasteiger partial charge on any atom is 0.328 e. The minimum Gasteiger partial charge on any atom is -0.493 e. The molecule has 0 bridgehead atoms. The van der Waals surface area contributed by atoms with E-state index in [2.05, 4.69) is 0 Å². The molecule has 0 aliphatic carbocycles. The zero-order valence-corrected chi connectivity index (χ0v) is 12.4. The number of hydrogen-bond donors (Lipinski definition) is 1. The SMILES string of the molecule is COc1ccc(/C=C/C(=O)O)cc1OCCc1ccccc1. The predicted molar refractivity (Wildman–Crippen MR) is 85.3 cm³/mol. The topological polar surface area (TPSA) is 55.8 Å². The minimum absolute atomic E-state index is 0.520. The van der Waals surface area contributed by atoms with Crippen LogP contribution in [0, 0.1) is 0 Å². The molecule has 22 heavy (non-hydrogen) atoms. The second-order valence-electron chi connectivity index (χ2n) is 4.67. The van der Waals surface area contributed by atoms with Gasteiger partial charge in [-0.25, -0.2) is 4.79 Å². The van der Waals surface area contributed by atoms with Crippen LogP contribution >= 0.6 is 0 Å². The van der Waals surface area contributed by atoms with Crippen LogP contribution in [0.2, 0.25) is 0 Å². The fourth-order valence-corrected chi connectivity index (χ4v) is 2.00. The maximum atomic E-state index is 10.6. The van der Waals surface area contributed by atoms with Crippen LogP contribution < -0.4 is 9.47 Å². The largest absolute Gasteiger partial charge is 0.493 e. The van der Waals surface area contributed by atoms with Gasteiger partial charge in [0.05, 0.1) is 13.7 Å². The van der Waals surface area contributed by atoms with Crippen LogP contribution in [0.4, 0.5) is 0 Å². The monoisotopic (exact) mass is 298 g/mol. The molecule has 0 unspecified atom stereocenters. The van der Waals surface area contributed by atoms with E-state index in [1.807, 2.05) is 30.3 Å². The third-order valence-electron chi connectivity index (χ3n) is 3.10. The molecule has 2 aromatic rings. The maximum absolute atomic E-state index is 10.6. The lowest BCUT2D eigenvalue weighted by Crippen LogP contribution is -2.02. The molecule has 0 spiro atoms. The van der Waals surface area contributed by atoms with Crippen molar-refractivity contribution in [2.45, 2.75) is 6.42 Å². The van der Waals surface area contributed by atoms with Crippen LogP contribution in [0.15, 0.2) is 54.6 Å². The molecular formula is C18H18O4. The standard InChI is InChI=1S/C18H18O4/c1-21-16-9-7-15(8-10-18(19)20)13-17(16)22-12-11-14-5-3-2-4-6-14/h2-10,13H,11-12H2,1H3,(H,19,20)/b10-8+. The van der Waals surface area contributed by atoms with Crippen molar-refractivity contribution in [3.05, 3.63) is 65.7 Å². The van der Waals surface area contributed by atoms with Crippen molar-refractivity contribution in [2.24, 2.45) is 0 Å².